The van der Waals surface area contributed by atoms with E-state index in [0.29, 0.717) is 10.4 Å². The Morgan fingerprint density at radius 3 is 2.64 bits per heavy atom. The van der Waals surface area contributed by atoms with Crippen LogP contribution in [0.15, 0.2) is 5.38 Å². The highest BCUT2D eigenvalue weighted by molar-refractivity contribution is 7.18. The van der Waals surface area contributed by atoms with Crippen LogP contribution in [0, 0.1) is 6.92 Å². The molecule has 0 aliphatic heterocycles. The summed E-state index contributed by atoms with van der Waals surface area (Å²) < 4.78 is 8.61. The molecule has 0 aliphatic rings. The van der Waals surface area contributed by atoms with E-state index in [1.165, 1.54) is 12.3 Å². The van der Waals surface area contributed by atoms with E-state index in [9.17, 15) is 14.4 Å². The van der Waals surface area contributed by atoms with Crippen LogP contribution in [-0.4, -0.2) is 33.9 Å². The van der Waals surface area contributed by atoms with Gasteiger partial charge < -0.3 is 10.1 Å². The van der Waals surface area contributed by atoms with Crippen molar-refractivity contribution in [1.29, 1.82) is 0 Å². The second kappa shape index (κ2) is 6.75. The maximum Gasteiger partial charge on any atom is 0.341 e. The van der Waals surface area contributed by atoms with Gasteiger partial charge in [-0.25, -0.2) is 4.79 Å². The Bertz CT molecular complexity index is 722. The van der Waals surface area contributed by atoms with Crippen LogP contribution in [0.4, 0.5) is 5.00 Å². The summed E-state index contributed by atoms with van der Waals surface area (Å²) in [6, 6.07) is 0. The molecule has 9 heteroatoms. The lowest BCUT2D eigenvalue weighted by Crippen LogP contribution is -2.15. The Hall–Kier alpha value is -2.13. The molecule has 7 nitrogen and oxygen atoms in total. The number of aromatic nitrogens is 2. The molecule has 1 amide bonds. The third kappa shape index (κ3) is 3.20. The number of ether oxygens (including phenoxy) is 1. The van der Waals surface area contributed by atoms with Gasteiger partial charge in [0.15, 0.2) is 11.5 Å². The Morgan fingerprint density at radius 2 is 2.09 bits per heavy atom. The number of hydrogen-bond donors (Lipinski definition) is 1. The number of anilines is 1. The van der Waals surface area contributed by atoms with Crippen LogP contribution in [0.3, 0.4) is 0 Å². The molecule has 2 heterocycles. The number of hydrogen-bond acceptors (Lipinski definition) is 8. The molecule has 0 spiro atoms. The largest absolute Gasteiger partial charge is 0.462 e. The lowest BCUT2D eigenvalue weighted by molar-refractivity contribution is 0.0527. The number of nitrogens with one attached hydrogen (secondary N) is 1. The Balaban J connectivity index is 2.40. The number of nitrogens with zero attached hydrogens (tertiary/aromatic N) is 2. The summed E-state index contributed by atoms with van der Waals surface area (Å²) >= 11 is 2.09. The van der Waals surface area contributed by atoms with E-state index in [1.807, 2.05) is 0 Å². The molecule has 0 bridgehead atoms. The quantitative estimate of drug-likeness (QED) is 0.664. The lowest BCUT2D eigenvalue weighted by Gasteiger charge is -2.05. The number of carbonyl (C=O) groups is 3. The number of amides is 1. The molecule has 0 radical (unpaired) electrons. The molecule has 0 saturated heterocycles. The molecule has 2 aromatic heterocycles. The van der Waals surface area contributed by atoms with Crippen molar-refractivity contribution in [2.75, 3.05) is 11.9 Å². The minimum Gasteiger partial charge on any atom is -0.462 e. The van der Waals surface area contributed by atoms with E-state index in [4.69, 9.17) is 4.74 Å². The molecule has 2 rings (SSSR count). The van der Waals surface area contributed by atoms with E-state index >= 15 is 0 Å². The predicted molar refractivity (Wildman–Crippen MR) is 82.9 cm³/mol. The molecule has 0 aromatic carbocycles. The summed E-state index contributed by atoms with van der Waals surface area (Å²) in [4.78, 5) is 36.2. The highest BCUT2D eigenvalue weighted by Gasteiger charge is 2.25. The van der Waals surface area contributed by atoms with Gasteiger partial charge in [-0.05, 0) is 37.9 Å². The first-order valence-corrected chi connectivity index (χ1v) is 8.00. The minimum absolute atomic E-state index is 0.148. The van der Waals surface area contributed by atoms with Gasteiger partial charge in [-0.15, -0.1) is 16.4 Å². The SMILES string of the molecule is CCOC(=O)c1c(NC(=O)c2csnn2)sc(C(C)=O)c1C. The summed E-state index contributed by atoms with van der Waals surface area (Å²) in [6.45, 7) is 4.95. The third-order valence-corrected chi connectivity index (χ3v) is 4.58. The molecule has 0 fully saturated rings. The minimum atomic E-state index is -0.574. The van der Waals surface area contributed by atoms with Crippen LogP contribution in [0.25, 0.3) is 0 Å². The first-order valence-electron chi connectivity index (χ1n) is 6.35. The van der Waals surface area contributed by atoms with E-state index in [-0.39, 0.29) is 28.6 Å². The van der Waals surface area contributed by atoms with Gasteiger partial charge in [-0.1, -0.05) is 4.49 Å². The van der Waals surface area contributed by atoms with E-state index in [1.54, 1.807) is 13.8 Å². The number of Topliss-reactive ketones (excluding diaryl/α,β-unsaturated/α-hetero) is 1. The summed E-state index contributed by atoms with van der Waals surface area (Å²) in [7, 11) is 0. The Kier molecular flexibility index (Phi) is 4.99. The molecule has 0 aliphatic carbocycles. The fourth-order valence-electron chi connectivity index (χ4n) is 1.82. The maximum absolute atomic E-state index is 12.1. The molecule has 2 aromatic rings. The summed E-state index contributed by atoms with van der Waals surface area (Å²) in [5, 5.41) is 8.03. The van der Waals surface area contributed by atoms with Gasteiger partial charge in [0.1, 0.15) is 5.00 Å². The fraction of sp³-hybridized carbons (Fsp3) is 0.308. The molecule has 0 atom stereocenters. The molecule has 116 valence electrons. The highest BCUT2D eigenvalue weighted by atomic mass is 32.1. The zero-order chi connectivity index (χ0) is 16.3. The van der Waals surface area contributed by atoms with Crippen LogP contribution in [-0.2, 0) is 4.74 Å². The molecular weight excluding hydrogens is 326 g/mol. The van der Waals surface area contributed by atoms with Crippen molar-refractivity contribution in [3.8, 4) is 0 Å². The second-order valence-electron chi connectivity index (χ2n) is 4.28. The molecular formula is C13H13N3O4S2. The maximum atomic E-state index is 12.1. The van der Waals surface area contributed by atoms with Crippen molar-refractivity contribution in [3.05, 3.63) is 27.1 Å². The number of rotatable bonds is 5. The normalized spacial score (nSPS) is 10.3. The summed E-state index contributed by atoms with van der Waals surface area (Å²) in [5.74, 6) is -1.24. The molecule has 0 saturated carbocycles. The van der Waals surface area contributed by atoms with Gasteiger partial charge in [0, 0.05) is 5.38 Å². The standard InChI is InChI=1S/C13H13N3O4S2/c1-4-20-13(19)9-6(2)10(7(3)17)22-12(9)14-11(18)8-5-21-16-15-8/h5H,4H2,1-3H3,(H,14,18). The zero-order valence-electron chi connectivity index (χ0n) is 12.1. The van der Waals surface area contributed by atoms with Gasteiger partial charge in [-0.3, -0.25) is 9.59 Å². The Labute approximate surface area is 134 Å². The first-order chi connectivity index (χ1) is 10.5. The van der Waals surface area contributed by atoms with Gasteiger partial charge in [0.05, 0.1) is 17.0 Å². The van der Waals surface area contributed by atoms with E-state index in [0.717, 1.165) is 22.9 Å². The van der Waals surface area contributed by atoms with Crippen LogP contribution in [0.2, 0.25) is 0 Å². The average Bonchev–Trinajstić information content (AvgIpc) is 3.07. The van der Waals surface area contributed by atoms with Crippen molar-refractivity contribution >= 4 is 45.5 Å². The van der Waals surface area contributed by atoms with Gasteiger partial charge in [0.25, 0.3) is 5.91 Å². The van der Waals surface area contributed by atoms with Crippen molar-refractivity contribution in [2.24, 2.45) is 0 Å². The average molecular weight is 339 g/mol. The smallest absolute Gasteiger partial charge is 0.341 e. The number of thiophene rings is 1. The molecule has 1 N–H and O–H groups in total. The van der Waals surface area contributed by atoms with Crippen molar-refractivity contribution in [1.82, 2.24) is 9.59 Å². The van der Waals surface area contributed by atoms with Gasteiger partial charge >= 0.3 is 5.97 Å². The van der Waals surface area contributed by atoms with Crippen molar-refractivity contribution in [3.63, 3.8) is 0 Å². The van der Waals surface area contributed by atoms with Gasteiger partial charge in [-0.2, -0.15) is 0 Å². The van der Waals surface area contributed by atoms with E-state index < -0.39 is 11.9 Å². The Morgan fingerprint density at radius 1 is 1.36 bits per heavy atom. The lowest BCUT2D eigenvalue weighted by atomic mass is 10.1. The number of carbonyl (C=O) groups excluding carboxylic acids is 3. The third-order valence-electron chi connectivity index (χ3n) is 2.77. The highest BCUT2D eigenvalue weighted by Crippen LogP contribution is 2.34. The van der Waals surface area contributed by atoms with Crippen LogP contribution in [0.1, 0.15) is 49.9 Å². The fourth-order valence-corrected chi connectivity index (χ4v) is 3.34. The van der Waals surface area contributed by atoms with Crippen LogP contribution in [0.5, 0.6) is 0 Å². The van der Waals surface area contributed by atoms with Crippen LogP contribution < -0.4 is 5.32 Å². The number of ketones is 1. The zero-order valence-corrected chi connectivity index (χ0v) is 13.8. The molecule has 0 unspecified atom stereocenters. The summed E-state index contributed by atoms with van der Waals surface area (Å²) in [5.41, 5.74) is 0.853. The topological polar surface area (TPSA) is 98.2 Å². The monoisotopic (exact) mass is 339 g/mol. The van der Waals surface area contributed by atoms with E-state index in [2.05, 4.69) is 14.9 Å². The second-order valence-corrected chi connectivity index (χ2v) is 5.91. The van der Waals surface area contributed by atoms with Crippen molar-refractivity contribution in [2.45, 2.75) is 20.8 Å². The summed E-state index contributed by atoms with van der Waals surface area (Å²) in [6.07, 6.45) is 0. The predicted octanol–water partition coefficient (Wildman–Crippen LogP) is 2.54. The van der Waals surface area contributed by atoms with Gasteiger partial charge in [0.2, 0.25) is 0 Å². The first kappa shape index (κ1) is 16.2. The van der Waals surface area contributed by atoms with Crippen molar-refractivity contribution < 1.29 is 19.1 Å². The number of esters is 1. The van der Waals surface area contributed by atoms with Crippen LogP contribution >= 0.6 is 22.9 Å². The molecule has 22 heavy (non-hydrogen) atoms.